The average Bonchev–Trinajstić information content (AvgIpc) is 3.95. The molecule has 0 radical (unpaired) electrons. The minimum atomic E-state index is -0.240. The first-order valence-electron chi connectivity index (χ1n) is 16.3. The topological polar surface area (TPSA) is 103 Å². The Labute approximate surface area is 335 Å². The van der Waals surface area contributed by atoms with E-state index in [-0.39, 0.29) is 17.5 Å². The molecule has 0 fully saturated rings. The van der Waals surface area contributed by atoms with E-state index in [1.54, 1.807) is 72.1 Å². The summed E-state index contributed by atoms with van der Waals surface area (Å²) in [4.78, 5) is 11.9. The molecular weight excluding hydrogens is 838 g/mol. The number of nitrogens with one attached hydrogen (secondary N) is 1. The van der Waals surface area contributed by atoms with Gasteiger partial charge < -0.3 is 0 Å². The molecule has 6 heterocycles. The zero-order chi connectivity index (χ0) is 38.7. The molecule has 3 aromatic carbocycles. The first-order chi connectivity index (χ1) is 26.7. The van der Waals surface area contributed by atoms with Crippen LogP contribution < -0.4 is 0 Å². The summed E-state index contributed by atoms with van der Waals surface area (Å²) in [5.41, 5.74) is 5.69. The van der Waals surface area contributed by atoms with E-state index in [1.807, 2.05) is 29.1 Å². The Balaban J connectivity index is 0.000000130. The van der Waals surface area contributed by atoms with E-state index in [2.05, 4.69) is 51.3 Å². The van der Waals surface area contributed by atoms with Crippen LogP contribution in [0.25, 0.3) is 32.7 Å². The second-order valence-electron chi connectivity index (χ2n) is 11.6. The van der Waals surface area contributed by atoms with Gasteiger partial charge >= 0.3 is 0 Å². The minimum absolute atomic E-state index is 0.181. The Morgan fingerprint density at radius 1 is 0.582 bits per heavy atom. The Hall–Kier alpha value is -5.34. The predicted molar refractivity (Wildman–Crippen MR) is 214 cm³/mol. The number of aromatic nitrogens is 9. The van der Waals surface area contributed by atoms with Crippen LogP contribution in [0.3, 0.4) is 0 Å². The van der Waals surface area contributed by atoms with E-state index >= 15 is 0 Å². The molecule has 9 rings (SSSR count). The number of nitrogens with zero attached hydrogens (tertiary/aromatic N) is 8. The molecule has 55 heavy (non-hydrogen) atoms. The van der Waals surface area contributed by atoms with Crippen molar-refractivity contribution in [1.82, 2.24) is 44.7 Å². The molecule has 278 valence electrons. The highest BCUT2D eigenvalue weighted by Crippen LogP contribution is 2.22. The lowest BCUT2D eigenvalue weighted by Crippen LogP contribution is -2.01. The fraction of sp³-hybridized carbons (Fsp3) is 0.0769. The molecule has 0 bridgehead atoms. The van der Waals surface area contributed by atoms with Crippen molar-refractivity contribution in [2.24, 2.45) is 0 Å². The number of rotatable bonds is 5. The number of fused-ring (bicyclic) bond motifs is 3. The van der Waals surface area contributed by atoms with Crippen LogP contribution in [0.1, 0.15) is 16.7 Å². The quantitative estimate of drug-likeness (QED) is 0.137. The number of hydrogen-bond donors (Lipinski definition) is 1. The first-order valence-corrected chi connectivity index (χ1v) is 18.6. The van der Waals surface area contributed by atoms with Gasteiger partial charge in [-0.05, 0) is 71.3 Å². The van der Waals surface area contributed by atoms with Crippen LogP contribution in [0, 0.1) is 17.5 Å². The average molecular weight is 866 g/mol. The van der Waals surface area contributed by atoms with Gasteiger partial charge in [0.2, 0.25) is 0 Å². The largest absolute Gasteiger partial charge is 0.278 e. The number of hydrogen-bond acceptors (Lipinski definition) is 6. The van der Waals surface area contributed by atoms with Gasteiger partial charge in [0.1, 0.15) is 32.9 Å². The van der Waals surface area contributed by atoms with Gasteiger partial charge in [-0.1, -0.05) is 87.1 Å². The van der Waals surface area contributed by atoms with Gasteiger partial charge in [-0.3, -0.25) is 14.5 Å². The van der Waals surface area contributed by atoms with Gasteiger partial charge in [0.15, 0.2) is 0 Å². The number of pyridine rings is 3. The molecule has 0 amide bonds. The summed E-state index contributed by atoms with van der Waals surface area (Å²) in [6.45, 7) is 1.15. The predicted octanol–water partition coefficient (Wildman–Crippen LogP) is 10.9. The van der Waals surface area contributed by atoms with Crippen LogP contribution in [-0.2, 0) is 18.4 Å². The van der Waals surface area contributed by atoms with Crippen LogP contribution >= 0.6 is 50.7 Å². The molecule has 0 unspecified atom stereocenters. The molecule has 1 N–H and O–H groups in total. The smallest absolute Gasteiger partial charge is 0.139 e. The highest BCUT2D eigenvalue weighted by molar-refractivity contribution is 9.08. The fourth-order valence-corrected chi connectivity index (χ4v) is 6.07. The third-order valence-electron chi connectivity index (χ3n) is 7.85. The van der Waals surface area contributed by atoms with Crippen molar-refractivity contribution >= 4 is 83.4 Å². The molecule has 0 atom stereocenters. The second-order valence-corrected chi connectivity index (χ2v) is 13.3. The maximum atomic E-state index is 12.8. The summed E-state index contributed by atoms with van der Waals surface area (Å²) in [7, 11) is 0. The van der Waals surface area contributed by atoms with E-state index in [9.17, 15) is 13.2 Å². The van der Waals surface area contributed by atoms with Gasteiger partial charge in [-0.25, -0.2) is 28.1 Å². The Bertz CT molecular complexity index is 2600. The number of halogens is 7. The van der Waals surface area contributed by atoms with Crippen molar-refractivity contribution in [3.05, 3.63) is 178 Å². The second kappa shape index (κ2) is 18.8. The number of aromatic amines is 1. The Morgan fingerprint density at radius 3 is 1.69 bits per heavy atom. The van der Waals surface area contributed by atoms with Crippen molar-refractivity contribution in [1.29, 1.82) is 0 Å². The molecule has 16 heteroatoms. The monoisotopic (exact) mass is 863 g/mol. The summed E-state index contributed by atoms with van der Waals surface area (Å²) in [5.74, 6) is -0.660. The van der Waals surface area contributed by atoms with E-state index in [0.29, 0.717) is 28.5 Å². The summed E-state index contributed by atoms with van der Waals surface area (Å²) in [5, 5.41) is 19.9. The molecule has 0 aliphatic heterocycles. The molecule has 0 spiro atoms. The van der Waals surface area contributed by atoms with E-state index in [4.69, 9.17) is 34.8 Å². The molecule has 0 saturated heterocycles. The summed E-state index contributed by atoms with van der Waals surface area (Å²) < 4.78 is 41.4. The minimum Gasteiger partial charge on any atom is -0.278 e. The lowest BCUT2D eigenvalue weighted by molar-refractivity contribution is 0.624. The molecule has 9 nitrogen and oxygen atoms in total. The maximum absolute atomic E-state index is 12.8. The first kappa shape index (κ1) is 39.4. The molecule has 9 aromatic rings. The lowest BCUT2D eigenvalue weighted by atomic mass is 10.2. The standard InChI is InChI=1S/2C13H9ClFN3.C7H6BrF.C6H4ClN3/c14-13-11-7-17-18(12(11)5-6-16-13)8-9-1-3-10(15)4-2-9;14-13-11-8-18(17-12(11)5-6-16-13)7-9-1-3-10(15)4-2-9;8-5-6-1-3-7(9)4-2-6;7-6-4-3-9-10-5(4)1-2-8-6/h1-7H,8H2;1-6,8H,7H2;1-4H,5H2;1-3H,(H,9,10). The summed E-state index contributed by atoms with van der Waals surface area (Å²) >= 11 is 20.9. The van der Waals surface area contributed by atoms with Crippen LogP contribution in [0.2, 0.25) is 15.5 Å². The fourth-order valence-electron chi connectivity index (χ4n) is 5.09. The third-order valence-corrected chi connectivity index (χ3v) is 9.40. The van der Waals surface area contributed by atoms with Crippen LogP contribution in [0.5, 0.6) is 0 Å². The third kappa shape index (κ3) is 10.7. The molecule has 0 aliphatic carbocycles. The lowest BCUT2D eigenvalue weighted by Gasteiger charge is -2.04. The SMILES string of the molecule is Clc1nccc2[nH]ncc12.Fc1ccc(CBr)cc1.Fc1ccc(Cn2cc3c(Cl)nccc3n2)cc1.Fc1ccc(Cn2ncc3c(Cl)nccc32)cc1. The van der Waals surface area contributed by atoms with Gasteiger partial charge in [0.05, 0.1) is 58.2 Å². The van der Waals surface area contributed by atoms with Crippen molar-refractivity contribution in [3.8, 4) is 0 Å². The van der Waals surface area contributed by atoms with Gasteiger partial charge in [0, 0.05) is 30.1 Å². The van der Waals surface area contributed by atoms with Crippen LogP contribution in [0.15, 0.2) is 128 Å². The summed E-state index contributed by atoms with van der Waals surface area (Å²) in [6.07, 6.45) is 10.1. The zero-order valence-electron chi connectivity index (χ0n) is 28.5. The molecule has 0 aliphatic rings. The van der Waals surface area contributed by atoms with E-state index in [1.165, 1.54) is 36.4 Å². The maximum Gasteiger partial charge on any atom is 0.139 e. The van der Waals surface area contributed by atoms with E-state index < -0.39 is 0 Å². The van der Waals surface area contributed by atoms with Crippen molar-refractivity contribution < 1.29 is 13.2 Å². The number of alkyl halides is 1. The van der Waals surface area contributed by atoms with Crippen molar-refractivity contribution in [2.75, 3.05) is 0 Å². The van der Waals surface area contributed by atoms with Gasteiger partial charge in [-0.15, -0.1) is 0 Å². The number of H-pyrrole nitrogens is 1. The van der Waals surface area contributed by atoms with E-state index in [0.717, 1.165) is 54.7 Å². The summed E-state index contributed by atoms with van der Waals surface area (Å²) in [6, 6.07) is 24.6. The Kier molecular flexibility index (Phi) is 13.5. The van der Waals surface area contributed by atoms with Crippen LogP contribution in [0.4, 0.5) is 13.2 Å². The van der Waals surface area contributed by atoms with Gasteiger partial charge in [0.25, 0.3) is 0 Å². The van der Waals surface area contributed by atoms with Crippen molar-refractivity contribution in [2.45, 2.75) is 18.4 Å². The normalized spacial score (nSPS) is 10.7. The molecule has 0 saturated carbocycles. The Morgan fingerprint density at radius 2 is 1.11 bits per heavy atom. The van der Waals surface area contributed by atoms with Crippen molar-refractivity contribution in [3.63, 3.8) is 0 Å². The highest BCUT2D eigenvalue weighted by Gasteiger charge is 2.08. The zero-order valence-corrected chi connectivity index (χ0v) is 32.3. The highest BCUT2D eigenvalue weighted by atomic mass is 79.9. The van der Waals surface area contributed by atoms with Gasteiger partial charge in [-0.2, -0.15) is 15.3 Å². The number of benzene rings is 3. The molecular formula is C39H28BrCl3F3N9. The van der Waals surface area contributed by atoms with Crippen LogP contribution in [-0.4, -0.2) is 44.7 Å². The molecule has 6 aromatic heterocycles.